The van der Waals surface area contributed by atoms with Crippen molar-refractivity contribution in [2.24, 2.45) is 5.73 Å². The van der Waals surface area contributed by atoms with Crippen LogP contribution in [0.3, 0.4) is 0 Å². The smallest absolute Gasteiger partial charge is 0.119 e. The van der Waals surface area contributed by atoms with Gasteiger partial charge in [0, 0.05) is 23.1 Å². The van der Waals surface area contributed by atoms with Crippen LogP contribution >= 0.6 is 0 Å². The molecule has 2 aromatic rings. The van der Waals surface area contributed by atoms with Crippen LogP contribution in [0.25, 0.3) is 10.9 Å². The molecule has 0 amide bonds. The second-order valence-corrected chi connectivity index (χ2v) is 5.28. The van der Waals surface area contributed by atoms with E-state index in [1.165, 1.54) is 35.7 Å². The van der Waals surface area contributed by atoms with Crippen molar-refractivity contribution >= 4 is 10.9 Å². The van der Waals surface area contributed by atoms with Crippen LogP contribution in [0.15, 0.2) is 24.4 Å². The molecule has 1 heterocycles. The molecule has 0 saturated heterocycles. The maximum Gasteiger partial charge on any atom is 0.119 e. The molecule has 1 aliphatic rings. The molecule has 1 aromatic carbocycles. The van der Waals surface area contributed by atoms with E-state index in [0.717, 1.165) is 12.2 Å². The summed E-state index contributed by atoms with van der Waals surface area (Å²) in [5.74, 6) is 1.51. The molecule has 1 saturated carbocycles. The molecule has 2 unspecified atom stereocenters. The Balaban J connectivity index is 2.00. The SMILES string of the molecule is COc1ccc2[nH]cc(C3CCCC(N)C3)c2c1. The summed E-state index contributed by atoms with van der Waals surface area (Å²) in [4.78, 5) is 3.36. The van der Waals surface area contributed by atoms with Gasteiger partial charge in [-0.2, -0.15) is 0 Å². The number of aromatic nitrogens is 1. The largest absolute Gasteiger partial charge is 0.497 e. The van der Waals surface area contributed by atoms with Crippen molar-refractivity contribution in [1.29, 1.82) is 0 Å². The minimum atomic E-state index is 0.360. The normalized spacial score (nSPS) is 24.3. The summed E-state index contributed by atoms with van der Waals surface area (Å²) in [6.07, 6.45) is 6.90. The van der Waals surface area contributed by atoms with E-state index in [-0.39, 0.29) is 0 Å². The van der Waals surface area contributed by atoms with Crippen molar-refractivity contribution in [1.82, 2.24) is 4.98 Å². The average molecular weight is 244 g/mol. The molecule has 3 nitrogen and oxygen atoms in total. The van der Waals surface area contributed by atoms with Crippen molar-refractivity contribution in [3.8, 4) is 5.75 Å². The molecular weight excluding hydrogens is 224 g/mol. The van der Waals surface area contributed by atoms with Gasteiger partial charge < -0.3 is 15.5 Å². The minimum absolute atomic E-state index is 0.360. The zero-order valence-corrected chi connectivity index (χ0v) is 10.8. The van der Waals surface area contributed by atoms with Crippen molar-refractivity contribution in [2.75, 3.05) is 7.11 Å². The lowest BCUT2D eigenvalue weighted by Gasteiger charge is -2.26. The van der Waals surface area contributed by atoms with E-state index in [0.29, 0.717) is 12.0 Å². The Morgan fingerprint density at radius 1 is 1.33 bits per heavy atom. The standard InChI is InChI=1S/C15H20N2O/c1-18-12-5-6-15-13(8-12)14(9-17-15)10-3-2-4-11(16)7-10/h5-6,8-11,17H,2-4,7,16H2,1H3. The predicted molar refractivity (Wildman–Crippen MR) is 74.0 cm³/mol. The van der Waals surface area contributed by atoms with Gasteiger partial charge in [-0.25, -0.2) is 0 Å². The molecule has 96 valence electrons. The number of hydrogen-bond acceptors (Lipinski definition) is 2. The fourth-order valence-electron chi connectivity index (χ4n) is 3.10. The van der Waals surface area contributed by atoms with E-state index >= 15 is 0 Å². The number of aromatic amines is 1. The first kappa shape index (κ1) is 11.6. The number of benzene rings is 1. The summed E-state index contributed by atoms with van der Waals surface area (Å²) in [7, 11) is 1.71. The van der Waals surface area contributed by atoms with Crippen molar-refractivity contribution in [3.63, 3.8) is 0 Å². The molecule has 2 atom stereocenters. The Morgan fingerprint density at radius 2 is 2.22 bits per heavy atom. The van der Waals surface area contributed by atoms with Crippen LogP contribution in [-0.2, 0) is 0 Å². The lowest BCUT2D eigenvalue weighted by atomic mass is 9.81. The lowest BCUT2D eigenvalue weighted by molar-refractivity contribution is 0.394. The summed E-state index contributed by atoms with van der Waals surface area (Å²) in [5, 5.41) is 1.29. The van der Waals surface area contributed by atoms with Gasteiger partial charge in [-0.3, -0.25) is 0 Å². The molecular formula is C15H20N2O. The first-order chi connectivity index (χ1) is 8.78. The molecule has 3 heteroatoms. The topological polar surface area (TPSA) is 51.0 Å². The first-order valence-corrected chi connectivity index (χ1v) is 6.68. The van der Waals surface area contributed by atoms with Crippen LogP contribution in [0.1, 0.15) is 37.2 Å². The molecule has 3 N–H and O–H groups in total. The van der Waals surface area contributed by atoms with E-state index in [1.54, 1.807) is 7.11 Å². The number of rotatable bonds is 2. The Kier molecular flexibility index (Phi) is 3.00. The van der Waals surface area contributed by atoms with E-state index in [9.17, 15) is 0 Å². The molecule has 1 fully saturated rings. The third kappa shape index (κ3) is 1.99. The number of H-pyrrole nitrogens is 1. The van der Waals surface area contributed by atoms with Gasteiger partial charge >= 0.3 is 0 Å². The third-order valence-electron chi connectivity index (χ3n) is 4.08. The van der Waals surface area contributed by atoms with E-state index in [2.05, 4.69) is 23.3 Å². The van der Waals surface area contributed by atoms with Gasteiger partial charge in [0.1, 0.15) is 5.75 Å². The summed E-state index contributed by atoms with van der Waals surface area (Å²) in [5.41, 5.74) is 8.68. The summed E-state index contributed by atoms with van der Waals surface area (Å²) >= 11 is 0. The lowest BCUT2D eigenvalue weighted by Crippen LogP contribution is -2.26. The predicted octanol–water partition coefficient (Wildman–Crippen LogP) is 3.16. The van der Waals surface area contributed by atoms with Crippen molar-refractivity contribution in [2.45, 2.75) is 37.6 Å². The number of fused-ring (bicyclic) bond motifs is 1. The second-order valence-electron chi connectivity index (χ2n) is 5.28. The van der Waals surface area contributed by atoms with Crippen molar-refractivity contribution in [3.05, 3.63) is 30.0 Å². The van der Waals surface area contributed by atoms with Gasteiger partial charge in [0.2, 0.25) is 0 Å². The Morgan fingerprint density at radius 3 is 3.00 bits per heavy atom. The van der Waals surface area contributed by atoms with Crippen LogP contribution in [0.2, 0.25) is 0 Å². The highest BCUT2D eigenvalue weighted by Gasteiger charge is 2.23. The fourth-order valence-corrected chi connectivity index (χ4v) is 3.10. The molecule has 18 heavy (non-hydrogen) atoms. The molecule has 1 aliphatic carbocycles. The average Bonchev–Trinajstić information content (AvgIpc) is 2.81. The molecule has 0 bridgehead atoms. The summed E-state index contributed by atoms with van der Waals surface area (Å²) < 4.78 is 5.32. The van der Waals surface area contributed by atoms with E-state index in [1.807, 2.05) is 6.07 Å². The van der Waals surface area contributed by atoms with Crippen LogP contribution in [0.4, 0.5) is 0 Å². The number of nitrogens with one attached hydrogen (secondary N) is 1. The number of hydrogen-bond donors (Lipinski definition) is 2. The Bertz CT molecular complexity index is 546. The van der Waals surface area contributed by atoms with E-state index in [4.69, 9.17) is 10.5 Å². The molecule has 3 rings (SSSR count). The van der Waals surface area contributed by atoms with Crippen LogP contribution in [-0.4, -0.2) is 18.1 Å². The Labute approximate surface area is 107 Å². The van der Waals surface area contributed by atoms with E-state index < -0.39 is 0 Å². The van der Waals surface area contributed by atoms with Gasteiger partial charge in [-0.1, -0.05) is 6.42 Å². The number of ether oxygens (including phenoxy) is 1. The van der Waals surface area contributed by atoms with Gasteiger partial charge in [-0.05, 0) is 48.9 Å². The van der Waals surface area contributed by atoms with Gasteiger partial charge in [-0.15, -0.1) is 0 Å². The van der Waals surface area contributed by atoms with Crippen LogP contribution < -0.4 is 10.5 Å². The Hall–Kier alpha value is -1.48. The highest BCUT2D eigenvalue weighted by molar-refractivity contribution is 5.85. The zero-order valence-electron chi connectivity index (χ0n) is 10.8. The molecule has 1 aromatic heterocycles. The number of nitrogens with two attached hydrogens (primary N) is 1. The number of methoxy groups -OCH3 is 1. The first-order valence-electron chi connectivity index (χ1n) is 6.68. The van der Waals surface area contributed by atoms with Crippen molar-refractivity contribution < 1.29 is 4.74 Å². The summed E-state index contributed by atoms with van der Waals surface area (Å²) in [6.45, 7) is 0. The zero-order chi connectivity index (χ0) is 12.5. The highest BCUT2D eigenvalue weighted by Crippen LogP contribution is 2.37. The highest BCUT2D eigenvalue weighted by atomic mass is 16.5. The maximum absolute atomic E-state index is 6.10. The fraction of sp³-hybridized carbons (Fsp3) is 0.467. The third-order valence-corrected chi connectivity index (χ3v) is 4.08. The summed E-state index contributed by atoms with van der Waals surface area (Å²) in [6, 6.07) is 6.57. The quantitative estimate of drug-likeness (QED) is 0.852. The van der Waals surface area contributed by atoms with Gasteiger partial charge in [0.25, 0.3) is 0 Å². The molecule has 0 spiro atoms. The van der Waals surface area contributed by atoms with Gasteiger partial charge in [0.15, 0.2) is 0 Å². The van der Waals surface area contributed by atoms with Gasteiger partial charge in [0.05, 0.1) is 7.11 Å². The molecule has 0 aliphatic heterocycles. The minimum Gasteiger partial charge on any atom is -0.497 e. The van der Waals surface area contributed by atoms with Crippen LogP contribution in [0, 0.1) is 0 Å². The second kappa shape index (κ2) is 4.65. The van der Waals surface area contributed by atoms with Crippen LogP contribution in [0.5, 0.6) is 5.75 Å². The maximum atomic E-state index is 6.10. The monoisotopic (exact) mass is 244 g/mol. The molecule has 0 radical (unpaired) electrons.